The Morgan fingerprint density at radius 3 is 2.59 bits per heavy atom. The molecule has 0 bridgehead atoms. The molecule has 27 heavy (non-hydrogen) atoms. The van der Waals surface area contributed by atoms with E-state index in [-0.39, 0.29) is 36.7 Å². The molecule has 0 aliphatic heterocycles. The molecule has 0 aromatic heterocycles. The molecule has 1 amide bonds. The first kappa shape index (κ1) is 23.0. The van der Waals surface area contributed by atoms with E-state index in [1.54, 1.807) is 11.8 Å². The first-order chi connectivity index (χ1) is 12.6. The highest BCUT2D eigenvalue weighted by Crippen LogP contribution is 2.19. The third kappa shape index (κ3) is 8.47. The fourth-order valence-electron chi connectivity index (χ4n) is 2.42. The highest BCUT2D eigenvalue weighted by Gasteiger charge is 2.11. The van der Waals surface area contributed by atoms with Gasteiger partial charge in [0.05, 0.1) is 13.5 Å². The van der Waals surface area contributed by atoms with E-state index in [1.807, 2.05) is 54.6 Å². The summed E-state index contributed by atoms with van der Waals surface area (Å²) in [6.45, 7) is 0. The van der Waals surface area contributed by atoms with E-state index < -0.39 is 0 Å². The van der Waals surface area contributed by atoms with Crippen LogP contribution >= 0.6 is 24.2 Å². The highest BCUT2D eigenvalue weighted by atomic mass is 35.5. The highest BCUT2D eigenvalue weighted by molar-refractivity contribution is 7.98. The number of benzene rings is 2. The monoisotopic (exact) mass is 408 g/mol. The predicted molar refractivity (Wildman–Crippen MR) is 113 cm³/mol. The van der Waals surface area contributed by atoms with Crippen LogP contribution in [0.15, 0.2) is 54.6 Å². The average molecular weight is 409 g/mol. The molecule has 0 aliphatic carbocycles. The van der Waals surface area contributed by atoms with Crippen LogP contribution < -0.4 is 11.1 Å². The van der Waals surface area contributed by atoms with Crippen LogP contribution in [0, 0.1) is 0 Å². The van der Waals surface area contributed by atoms with Crippen LogP contribution in [0.25, 0.3) is 0 Å². The van der Waals surface area contributed by atoms with Crippen LogP contribution in [-0.4, -0.2) is 24.7 Å². The normalized spacial score (nSPS) is 11.2. The first-order valence-electron chi connectivity index (χ1n) is 8.42. The van der Waals surface area contributed by atoms with Gasteiger partial charge in [0.2, 0.25) is 5.91 Å². The van der Waals surface area contributed by atoms with E-state index in [4.69, 9.17) is 5.73 Å². The van der Waals surface area contributed by atoms with Gasteiger partial charge in [0.1, 0.15) is 0 Å². The zero-order valence-corrected chi connectivity index (χ0v) is 16.9. The molecule has 0 saturated heterocycles. The Bertz CT molecular complexity index is 728. The van der Waals surface area contributed by atoms with Gasteiger partial charge in [-0.05, 0) is 23.3 Å². The van der Waals surface area contributed by atoms with E-state index >= 15 is 0 Å². The smallest absolute Gasteiger partial charge is 0.306 e. The molecule has 0 saturated carbocycles. The van der Waals surface area contributed by atoms with Crippen molar-refractivity contribution in [2.45, 2.75) is 24.6 Å². The van der Waals surface area contributed by atoms with Gasteiger partial charge in [0.25, 0.3) is 0 Å². The predicted octanol–water partition coefficient (Wildman–Crippen LogP) is 3.93. The standard InChI is InChI=1S/C20H24N2O3S.ClH/c1-25-20(24)10-11-26-14-15-6-5-9-17(12-15)22-19(23)13-18(21)16-7-3-2-4-8-16;/h2-9,12,18H,10-11,13-14,21H2,1H3,(H,22,23);1H. The topological polar surface area (TPSA) is 81.4 Å². The number of thioether (sulfide) groups is 1. The number of nitrogens with one attached hydrogen (secondary N) is 1. The molecular formula is C20H25ClN2O3S. The molecule has 0 aliphatic rings. The minimum absolute atomic E-state index is 0. The Morgan fingerprint density at radius 1 is 1.15 bits per heavy atom. The van der Waals surface area contributed by atoms with Crippen molar-refractivity contribution in [1.82, 2.24) is 0 Å². The number of ether oxygens (including phenoxy) is 1. The number of hydrogen-bond acceptors (Lipinski definition) is 5. The van der Waals surface area contributed by atoms with Crippen molar-refractivity contribution in [3.05, 3.63) is 65.7 Å². The molecule has 7 heteroatoms. The second-order valence-corrected chi connectivity index (χ2v) is 6.95. The van der Waals surface area contributed by atoms with Crippen LogP contribution in [0.2, 0.25) is 0 Å². The summed E-state index contributed by atoms with van der Waals surface area (Å²) in [4.78, 5) is 23.3. The number of halogens is 1. The molecule has 0 radical (unpaired) electrons. The molecule has 1 unspecified atom stereocenters. The summed E-state index contributed by atoms with van der Waals surface area (Å²) < 4.78 is 4.62. The summed E-state index contributed by atoms with van der Waals surface area (Å²) in [5, 5.41) is 2.90. The van der Waals surface area contributed by atoms with Crippen molar-refractivity contribution in [3.8, 4) is 0 Å². The lowest BCUT2D eigenvalue weighted by Crippen LogP contribution is -2.20. The van der Waals surface area contributed by atoms with Gasteiger partial charge >= 0.3 is 5.97 Å². The van der Waals surface area contributed by atoms with Crippen LogP contribution in [0.4, 0.5) is 5.69 Å². The van der Waals surface area contributed by atoms with Gasteiger partial charge in [0, 0.05) is 29.7 Å². The number of anilines is 1. The third-order valence-corrected chi connectivity index (χ3v) is 4.82. The molecule has 0 fully saturated rings. The Morgan fingerprint density at radius 2 is 1.89 bits per heavy atom. The van der Waals surface area contributed by atoms with Crippen molar-refractivity contribution in [2.24, 2.45) is 5.73 Å². The van der Waals surface area contributed by atoms with Crippen molar-refractivity contribution in [1.29, 1.82) is 0 Å². The van der Waals surface area contributed by atoms with Gasteiger partial charge in [-0.15, -0.1) is 12.4 Å². The van der Waals surface area contributed by atoms with Crippen molar-refractivity contribution >= 4 is 41.7 Å². The summed E-state index contributed by atoms with van der Waals surface area (Å²) in [7, 11) is 1.39. The van der Waals surface area contributed by atoms with Crippen molar-refractivity contribution in [3.63, 3.8) is 0 Å². The Kier molecular flexibility index (Phi) is 10.6. The minimum atomic E-state index is -0.326. The zero-order chi connectivity index (χ0) is 18.8. The van der Waals surface area contributed by atoms with E-state index in [2.05, 4.69) is 10.1 Å². The van der Waals surface area contributed by atoms with E-state index in [1.165, 1.54) is 7.11 Å². The molecule has 3 N–H and O–H groups in total. The molecule has 146 valence electrons. The quantitative estimate of drug-likeness (QED) is 0.485. The molecule has 0 spiro atoms. The number of hydrogen-bond donors (Lipinski definition) is 2. The lowest BCUT2D eigenvalue weighted by Gasteiger charge is -2.12. The lowest BCUT2D eigenvalue weighted by atomic mass is 10.0. The summed E-state index contributed by atoms with van der Waals surface area (Å²) >= 11 is 1.65. The molecule has 0 heterocycles. The number of methoxy groups -OCH3 is 1. The molecule has 2 rings (SSSR count). The zero-order valence-electron chi connectivity index (χ0n) is 15.2. The van der Waals surface area contributed by atoms with Gasteiger partial charge in [-0.3, -0.25) is 9.59 Å². The van der Waals surface area contributed by atoms with Gasteiger partial charge in [-0.2, -0.15) is 11.8 Å². The average Bonchev–Trinajstić information content (AvgIpc) is 2.66. The van der Waals surface area contributed by atoms with Gasteiger partial charge < -0.3 is 15.8 Å². The summed E-state index contributed by atoms with van der Waals surface area (Å²) in [5.41, 5.74) is 8.88. The Balaban J connectivity index is 0.00000364. The summed E-state index contributed by atoms with van der Waals surface area (Å²) in [5.74, 6) is 1.16. The fourth-order valence-corrected chi connectivity index (χ4v) is 3.29. The maximum atomic E-state index is 12.2. The fraction of sp³-hybridized carbons (Fsp3) is 0.300. The minimum Gasteiger partial charge on any atom is -0.469 e. The molecular weight excluding hydrogens is 384 g/mol. The van der Waals surface area contributed by atoms with Crippen LogP contribution in [-0.2, 0) is 20.1 Å². The van der Waals surface area contributed by atoms with Crippen LogP contribution in [0.1, 0.15) is 30.0 Å². The maximum Gasteiger partial charge on any atom is 0.306 e. The summed E-state index contributed by atoms with van der Waals surface area (Å²) in [6, 6.07) is 17.0. The number of rotatable bonds is 9. The van der Waals surface area contributed by atoms with Crippen LogP contribution in [0.5, 0.6) is 0 Å². The molecule has 5 nitrogen and oxygen atoms in total. The molecule has 2 aromatic carbocycles. The number of esters is 1. The number of carbonyl (C=O) groups excluding carboxylic acids is 2. The van der Waals surface area contributed by atoms with Crippen molar-refractivity contribution < 1.29 is 14.3 Å². The Labute approximate surface area is 170 Å². The summed E-state index contributed by atoms with van der Waals surface area (Å²) in [6.07, 6.45) is 0.622. The van der Waals surface area contributed by atoms with E-state index in [0.717, 1.165) is 22.6 Å². The van der Waals surface area contributed by atoms with E-state index in [9.17, 15) is 9.59 Å². The third-order valence-electron chi connectivity index (χ3n) is 3.79. The Hall–Kier alpha value is -2.02. The number of carbonyl (C=O) groups is 2. The number of amides is 1. The second kappa shape index (κ2) is 12.4. The molecule has 1 atom stereocenters. The second-order valence-electron chi connectivity index (χ2n) is 5.85. The number of nitrogens with two attached hydrogens (primary N) is 1. The van der Waals surface area contributed by atoms with Gasteiger partial charge in [-0.25, -0.2) is 0 Å². The maximum absolute atomic E-state index is 12.2. The largest absolute Gasteiger partial charge is 0.469 e. The van der Waals surface area contributed by atoms with E-state index in [0.29, 0.717) is 12.2 Å². The lowest BCUT2D eigenvalue weighted by molar-refractivity contribution is -0.140. The van der Waals surface area contributed by atoms with Gasteiger partial charge in [-0.1, -0.05) is 42.5 Å². The van der Waals surface area contributed by atoms with Gasteiger partial charge in [0.15, 0.2) is 0 Å². The SMILES string of the molecule is COC(=O)CCSCc1cccc(NC(=O)CC(N)c2ccccc2)c1.Cl. The van der Waals surface area contributed by atoms with Crippen molar-refractivity contribution in [2.75, 3.05) is 18.2 Å². The molecule has 2 aromatic rings. The first-order valence-corrected chi connectivity index (χ1v) is 9.58. The van der Waals surface area contributed by atoms with Crippen LogP contribution in [0.3, 0.4) is 0 Å².